The van der Waals surface area contributed by atoms with Gasteiger partial charge in [-0.05, 0) is 31.4 Å². The number of amides is 2. The normalized spacial score (nSPS) is 26.8. The molecule has 2 fully saturated rings. The number of hydrogen-bond donors (Lipinski definition) is 1. The predicted molar refractivity (Wildman–Crippen MR) is 73.4 cm³/mol. The zero-order valence-electron chi connectivity index (χ0n) is 11.1. The van der Waals surface area contributed by atoms with Gasteiger partial charge in [0, 0.05) is 24.8 Å². The minimum absolute atomic E-state index is 0.0260. The summed E-state index contributed by atoms with van der Waals surface area (Å²) in [6.07, 6.45) is 2.58. The van der Waals surface area contributed by atoms with Crippen LogP contribution in [-0.2, 0) is 9.59 Å². The van der Waals surface area contributed by atoms with Crippen molar-refractivity contribution < 1.29 is 9.59 Å². The summed E-state index contributed by atoms with van der Waals surface area (Å²) >= 11 is 1.85. The minimum atomic E-state index is -0.255. The molecule has 2 rings (SSSR count). The SMILES string of the molecule is CCSCC(C)N1CCC(=O)NC(C2CC2)C1=O. The fraction of sp³-hybridized carbons (Fsp3) is 0.846. The molecule has 1 aliphatic carbocycles. The van der Waals surface area contributed by atoms with Crippen LogP contribution in [0.5, 0.6) is 0 Å². The first-order chi connectivity index (χ1) is 8.63. The fourth-order valence-corrected chi connectivity index (χ4v) is 3.14. The Balaban J connectivity index is 2.03. The summed E-state index contributed by atoms with van der Waals surface area (Å²) in [5, 5.41) is 2.89. The molecule has 18 heavy (non-hydrogen) atoms. The maximum atomic E-state index is 12.5. The van der Waals surface area contributed by atoms with E-state index in [1.807, 2.05) is 16.7 Å². The lowest BCUT2D eigenvalue weighted by atomic mass is 10.1. The number of nitrogens with one attached hydrogen (secondary N) is 1. The lowest BCUT2D eigenvalue weighted by Crippen LogP contribution is -2.49. The summed E-state index contributed by atoms with van der Waals surface area (Å²) in [4.78, 5) is 26.0. The van der Waals surface area contributed by atoms with E-state index in [1.165, 1.54) is 0 Å². The van der Waals surface area contributed by atoms with Gasteiger partial charge in [-0.25, -0.2) is 0 Å². The van der Waals surface area contributed by atoms with Crippen molar-refractivity contribution in [3.05, 3.63) is 0 Å². The van der Waals surface area contributed by atoms with Gasteiger partial charge in [-0.15, -0.1) is 0 Å². The third-order valence-electron chi connectivity index (χ3n) is 3.63. The molecular weight excluding hydrogens is 248 g/mol. The Morgan fingerprint density at radius 2 is 2.17 bits per heavy atom. The highest BCUT2D eigenvalue weighted by Crippen LogP contribution is 2.34. The average molecular weight is 270 g/mol. The van der Waals surface area contributed by atoms with E-state index in [1.54, 1.807) is 0 Å². The Morgan fingerprint density at radius 3 is 2.78 bits per heavy atom. The Hall–Kier alpha value is -0.710. The zero-order valence-corrected chi connectivity index (χ0v) is 12.0. The smallest absolute Gasteiger partial charge is 0.245 e. The van der Waals surface area contributed by atoms with Crippen LogP contribution in [-0.4, -0.2) is 46.8 Å². The first kappa shape index (κ1) is 13.7. The third-order valence-corrected chi connectivity index (χ3v) is 4.76. The predicted octanol–water partition coefficient (Wildman–Crippen LogP) is 1.26. The van der Waals surface area contributed by atoms with Gasteiger partial charge in [-0.2, -0.15) is 11.8 Å². The summed E-state index contributed by atoms with van der Waals surface area (Å²) in [7, 11) is 0. The largest absolute Gasteiger partial charge is 0.344 e. The molecule has 0 spiro atoms. The van der Waals surface area contributed by atoms with Gasteiger partial charge in [0.15, 0.2) is 0 Å². The van der Waals surface area contributed by atoms with Crippen molar-refractivity contribution in [2.24, 2.45) is 5.92 Å². The number of carbonyl (C=O) groups is 2. The van der Waals surface area contributed by atoms with Crippen molar-refractivity contribution in [1.29, 1.82) is 0 Å². The zero-order chi connectivity index (χ0) is 13.1. The van der Waals surface area contributed by atoms with Gasteiger partial charge >= 0.3 is 0 Å². The molecule has 1 N–H and O–H groups in total. The van der Waals surface area contributed by atoms with E-state index in [2.05, 4.69) is 19.2 Å². The molecule has 0 radical (unpaired) electrons. The number of hydrogen-bond acceptors (Lipinski definition) is 3. The highest BCUT2D eigenvalue weighted by Gasteiger charge is 2.41. The third kappa shape index (κ3) is 3.19. The van der Waals surface area contributed by atoms with E-state index >= 15 is 0 Å². The van der Waals surface area contributed by atoms with Crippen molar-refractivity contribution in [3.63, 3.8) is 0 Å². The average Bonchev–Trinajstić information content (AvgIpc) is 3.16. The number of rotatable bonds is 5. The van der Waals surface area contributed by atoms with Crippen LogP contribution < -0.4 is 5.32 Å². The fourth-order valence-electron chi connectivity index (χ4n) is 2.38. The summed E-state index contributed by atoms with van der Waals surface area (Å²) in [6.45, 7) is 4.78. The van der Waals surface area contributed by atoms with Crippen LogP contribution in [0.2, 0.25) is 0 Å². The van der Waals surface area contributed by atoms with Crippen LogP contribution in [0.4, 0.5) is 0 Å². The molecule has 0 bridgehead atoms. The highest BCUT2D eigenvalue weighted by atomic mass is 32.2. The Kier molecular flexibility index (Phi) is 4.54. The monoisotopic (exact) mass is 270 g/mol. The van der Waals surface area contributed by atoms with Crippen molar-refractivity contribution in [1.82, 2.24) is 10.2 Å². The maximum absolute atomic E-state index is 12.5. The molecule has 2 unspecified atom stereocenters. The Morgan fingerprint density at radius 1 is 1.44 bits per heavy atom. The summed E-state index contributed by atoms with van der Waals surface area (Å²) in [5.41, 5.74) is 0. The summed E-state index contributed by atoms with van der Waals surface area (Å²) in [5.74, 6) is 2.56. The minimum Gasteiger partial charge on any atom is -0.344 e. The molecule has 0 aromatic carbocycles. The topological polar surface area (TPSA) is 49.4 Å². The van der Waals surface area contributed by atoms with E-state index < -0.39 is 0 Å². The van der Waals surface area contributed by atoms with Gasteiger partial charge in [-0.3, -0.25) is 9.59 Å². The summed E-state index contributed by atoms with van der Waals surface area (Å²) < 4.78 is 0. The quantitative estimate of drug-likeness (QED) is 0.818. The van der Waals surface area contributed by atoms with E-state index in [0.29, 0.717) is 18.9 Å². The van der Waals surface area contributed by atoms with Crippen molar-refractivity contribution in [2.45, 2.75) is 45.2 Å². The van der Waals surface area contributed by atoms with Crippen molar-refractivity contribution in [3.8, 4) is 0 Å². The van der Waals surface area contributed by atoms with Gasteiger partial charge in [0.05, 0.1) is 0 Å². The molecule has 1 aliphatic heterocycles. The molecule has 102 valence electrons. The van der Waals surface area contributed by atoms with Gasteiger partial charge in [0.25, 0.3) is 0 Å². The molecule has 1 saturated carbocycles. The molecular formula is C13H22N2O2S. The van der Waals surface area contributed by atoms with Crippen LogP contribution in [0.1, 0.15) is 33.1 Å². The van der Waals surface area contributed by atoms with Crippen LogP contribution in [0.3, 0.4) is 0 Å². The highest BCUT2D eigenvalue weighted by molar-refractivity contribution is 7.99. The molecule has 0 aromatic rings. The molecule has 1 heterocycles. The van der Waals surface area contributed by atoms with Crippen molar-refractivity contribution in [2.75, 3.05) is 18.1 Å². The molecule has 1 saturated heterocycles. The molecule has 4 nitrogen and oxygen atoms in total. The number of nitrogens with zero attached hydrogens (tertiary/aromatic N) is 1. The van der Waals surface area contributed by atoms with Crippen LogP contribution in [0.25, 0.3) is 0 Å². The van der Waals surface area contributed by atoms with E-state index in [0.717, 1.165) is 24.3 Å². The van der Waals surface area contributed by atoms with Gasteiger partial charge in [-0.1, -0.05) is 6.92 Å². The summed E-state index contributed by atoms with van der Waals surface area (Å²) in [6, 6.07) is -0.0366. The van der Waals surface area contributed by atoms with Crippen LogP contribution >= 0.6 is 11.8 Å². The second-order valence-electron chi connectivity index (χ2n) is 5.17. The van der Waals surface area contributed by atoms with Crippen LogP contribution in [0, 0.1) is 5.92 Å². The van der Waals surface area contributed by atoms with E-state index in [-0.39, 0.29) is 23.9 Å². The maximum Gasteiger partial charge on any atom is 0.245 e. The molecule has 5 heteroatoms. The first-order valence-electron chi connectivity index (χ1n) is 6.81. The van der Waals surface area contributed by atoms with Crippen molar-refractivity contribution >= 4 is 23.6 Å². The molecule has 2 amide bonds. The van der Waals surface area contributed by atoms with Gasteiger partial charge < -0.3 is 10.2 Å². The first-order valence-corrected chi connectivity index (χ1v) is 7.96. The lowest BCUT2D eigenvalue weighted by Gasteiger charge is -2.29. The lowest BCUT2D eigenvalue weighted by molar-refractivity contribution is -0.135. The second-order valence-corrected chi connectivity index (χ2v) is 6.49. The van der Waals surface area contributed by atoms with E-state index in [4.69, 9.17) is 0 Å². The van der Waals surface area contributed by atoms with Gasteiger partial charge in [0.1, 0.15) is 6.04 Å². The van der Waals surface area contributed by atoms with Crippen LogP contribution in [0.15, 0.2) is 0 Å². The standard InChI is InChI=1S/C13H22N2O2S/c1-3-18-8-9(2)15-7-6-11(16)14-12(13(15)17)10-4-5-10/h9-10,12H,3-8H2,1-2H3,(H,14,16). The number of thioether (sulfide) groups is 1. The molecule has 2 atom stereocenters. The van der Waals surface area contributed by atoms with E-state index in [9.17, 15) is 9.59 Å². The molecule has 2 aliphatic rings. The Bertz CT molecular complexity index is 331. The number of carbonyl (C=O) groups excluding carboxylic acids is 2. The van der Waals surface area contributed by atoms with Gasteiger partial charge in [0.2, 0.25) is 11.8 Å². The Labute approximate surface area is 113 Å². The second kappa shape index (κ2) is 5.95. The molecule has 0 aromatic heterocycles.